The Morgan fingerprint density at radius 2 is 1.73 bits per heavy atom. The minimum atomic E-state index is -0.953. The second-order valence-corrected chi connectivity index (χ2v) is 8.44. The Labute approximate surface area is 191 Å². The molecule has 3 aliphatic heterocycles. The van der Waals surface area contributed by atoms with E-state index in [1.807, 2.05) is 12.1 Å². The maximum atomic E-state index is 13.0. The van der Waals surface area contributed by atoms with Gasteiger partial charge in [0.1, 0.15) is 6.04 Å². The molecule has 3 heterocycles. The van der Waals surface area contributed by atoms with Crippen molar-refractivity contribution in [3.05, 3.63) is 70.8 Å². The van der Waals surface area contributed by atoms with Crippen LogP contribution >= 0.6 is 0 Å². The normalized spacial score (nSPS) is 20.4. The van der Waals surface area contributed by atoms with Gasteiger partial charge in [0.2, 0.25) is 11.8 Å². The average molecular weight is 444 g/mol. The molecule has 33 heavy (non-hydrogen) atoms. The molecule has 3 aliphatic rings. The van der Waals surface area contributed by atoms with E-state index < -0.39 is 23.8 Å². The van der Waals surface area contributed by atoms with Gasteiger partial charge in [-0.3, -0.25) is 29.4 Å². The number of hydrogen-bond donors (Lipinski definition) is 3. The number of rotatable bonds is 5. The highest BCUT2D eigenvalue weighted by atomic mass is 16.2. The molecule has 0 saturated carbocycles. The van der Waals surface area contributed by atoms with Crippen LogP contribution in [-0.2, 0) is 16.1 Å². The number of benzene rings is 2. The molecule has 8 nitrogen and oxygen atoms in total. The highest BCUT2D eigenvalue weighted by molar-refractivity contribution is 6.23. The molecule has 0 aromatic heterocycles. The number of carbonyl (C=O) groups excluding carboxylic acids is 4. The van der Waals surface area contributed by atoms with Crippen molar-refractivity contribution in [2.45, 2.75) is 31.8 Å². The first-order chi connectivity index (χ1) is 16.0. The van der Waals surface area contributed by atoms with Crippen LogP contribution in [0.4, 0.5) is 5.69 Å². The second kappa shape index (κ2) is 8.63. The first kappa shape index (κ1) is 21.1. The fraction of sp³-hybridized carbons (Fsp3) is 0.280. The van der Waals surface area contributed by atoms with Crippen molar-refractivity contribution in [2.75, 3.05) is 18.4 Å². The third kappa shape index (κ3) is 4.05. The number of piperidine rings is 1. The highest BCUT2D eigenvalue weighted by Gasteiger charge is 2.44. The van der Waals surface area contributed by atoms with E-state index in [0.29, 0.717) is 6.54 Å². The van der Waals surface area contributed by atoms with Gasteiger partial charge in [-0.2, -0.15) is 0 Å². The van der Waals surface area contributed by atoms with Crippen LogP contribution in [0.15, 0.2) is 48.5 Å². The van der Waals surface area contributed by atoms with Gasteiger partial charge in [0.15, 0.2) is 0 Å². The lowest BCUT2D eigenvalue weighted by Crippen LogP contribution is -2.54. The Morgan fingerprint density at radius 3 is 2.45 bits per heavy atom. The van der Waals surface area contributed by atoms with Gasteiger partial charge in [-0.05, 0) is 60.4 Å². The van der Waals surface area contributed by atoms with Gasteiger partial charge in [0.05, 0.1) is 11.1 Å². The molecule has 1 saturated heterocycles. The van der Waals surface area contributed by atoms with Crippen molar-refractivity contribution >= 4 is 34.9 Å². The number of nitrogens with one attached hydrogen (secondary N) is 3. The molecule has 0 aliphatic carbocycles. The average Bonchev–Trinajstić information content (AvgIpc) is 3.08. The zero-order valence-corrected chi connectivity index (χ0v) is 18.0. The Morgan fingerprint density at radius 1 is 0.939 bits per heavy atom. The molecule has 1 fully saturated rings. The Kier molecular flexibility index (Phi) is 5.51. The molecular weight excluding hydrogens is 420 g/mol. The van der Waals surface area contributed by atoms with Crippen LogP contribution in [0.1, 0.15) is 51.1 Å². The van der Waals surface area contributed by atoms with Crippen molar-refractivity contribution in [2.24, 2.45) is 0 Å². The van der Waals surface area contributed by atoms with E-state index in [4.69, 9.17) is 0 Å². The smallest absolute Gasteiger partial charge is 0.262 e. The minimum absolute atomic E-state index is 0.103. The predicted octanol–water partition coefficient (Wildman–Crippen LogP) is 2.08. The summed E-state index contributed by atoms with van der Waals surface area (Å²) in [6.07, 6.45) is 3.48. The zero-order chi connectivity index (χ0) is 22.9. The monoisotopic (exact) mass is 444 g/mol. The molecule has 0 bridgehead atoms. The molecular formula is C25H24N4O4. The summed E-state index contributed by atoms with van der Waals surface area (Å²) < 4.78 is 0. The zero-order valence-electron chi connectivity index (χ0n) is 18.0. The van der Waals surface area contributed by atoms with Gasteiger partial charge in [0.25, 0.3) is 11.8 Å². The number of imide groups is 2. The van der Waals surface area contributed by atoms with Gasteiger partial charge in [-0.1, -0.05) is 24.3 Å². The molecule has 1 unspecified atom stereocenters. The lowest BCUT2D eigenvalue weighted by Gasteiger charge is -2.27. The van der Waals surface area contributed by atoms with Gasteiger partial charge >= 0.3 is 0 Å². The minimum Gasteiger partial charge on any atom is -0.381 e. The fourth-order valence-corrected chi connectivity index (χ4v) is 4.52. The van der Waals surface area contributed by atoms with Crippen molar-refractivity contribution in [1.82, 2.24) is 15.5 Å². The van der Waals surface area contributed by atoms with Crippen molar-refractivity contribution in [1.29, 1.82) is 0 Å². The van der Waals surface area contributed by atoms with Crippen LogP contribution in [0.2, 0.25) is 0 Å². The molecule has 4 amide bonds. The Balaban J connectivity index is 1.27. The van der Waals surface area contributed by atoms with Crippen LogP contribution in [0, 0.1) is 0 Å². The number of anilines is 1. The SMILES string of the molecule is O=C1CCC(N2C(=O)c3ccc(CNc4ccc(C5=CCNCC5)cc4)cc3C2=O)C(=O)N1. The molecule has 3 N–H and O–H groups in total. The van der Waals surface area contributed by atoms with Gasteiger partial charge in [-0.25, -0.2) is 0 Å². The first-order valence-corrected chi connectivity index (χ1v) is 11.1. The molecule has 0 spiro atoms. The van der Waals surface area contributed by atoms with E-state index in [-0.39, 0.29) is 29.9 Å². The van der Waals surface area contributed by atoms with E-state index in [1.165, 1.54) is 11.1 Å². The molecule has 1 atom stereocenters. The Bertz CT molecular complexity index is 1190. The largest absolute Gasteiger partial charge is 0.381 e. The maximum absolute atomic E-state index is 13.0. The highest BCUT2D eigenvalue weighted by Crippen LogP contribution is 2.29. The standard InChI is InChI=1S/C25H24N4O4/c30-22-8-7-21(23(31)28-22)29-24(32)19-6-1-15(13-20(19)25(29)33)14-27-18-4-2-16(3-5-18)17-9-11-26-12-10-17/h1-6,9,13,21,26-27H,7-8,10-12,14H2,(H,28,30,31). The van der Waals surface area contributed by atoms with Gasteiger partial charge in [0, 0.05) is 25.2 Å². The summed E-state index contributed by atoms with van der Waals surface area (Å²) in [7, 11) is 0. The number of nitrogens with zero attached hydrogens (tertiary/aromatic N) is 1. The van der Waals surface area contributed by atoms with Crippen molar-refractivity contribution < 1.29 is 19.2 Å². The third-order valence-electron chi connectivity index (χ3n) is 6.32. The summed E-state index contributed by atoms with van der Waals surface area (Å²) in [5.74, 6) is -1.98. The van der Waals surface area contributed by atoms with E-state index in [1.54, 1.807) is 18.2 Å². The summed E-state index contributed by atoms with van der Waals surface area (Å²) in [5, 5.41) is 8.87. The van der Waals surface area contributed by atoms with Crippen LogP contribution < -0.4 is 16.0 Å². The molecule has 2 aromatic carbocycles. The third-order valence-corrected chi connectivity index (χ3v) is 6.32. The summed E-state index contributed by atoms with van der Waals surface area (Å²) in [6, 6.07) is 12.4. The molecule has 8 heteroatoms. The van der Waals surface area contributed by atoms with E-state index in [0.717, 1.165) is 35.7 Å². The summed E-state index contributed by atoms with van der Waals surface area (Å²) >= 11 is 0. The van der Waals surface area contributed by atoms with Crippen molar-refractivity contribution in [3.8, 4) is 0 Å². The van der Waals surface area contributed by atoms with E-state index >= 15 is 0 Å². The van der Waals surface area contributed by atoms with Crippen LogP contribution in [0.5, 0.6) is 0 Å². The van der Waals surface area contributed by atoms with Crippen LogP contribution in [-0.4, -0.2) is 47.7 Å². The predicted molar refractivity (Wildman–Crippen MR) is 122 cm³/mol. The lowest BCUT2D eigenvalue weighted by molar-refractivity contribution is -0.136. The van der Waals surface area contributed by atoms with Crippen molar-refractivity contribution in [3.63, 3.8) is 0 Å². The Hall–Kier alpha value is -3.78. The van der Waals surface area contributed by atoms with Crippen LogP contribution in [0.25, 0.3) is 5.57 Å². The van der Waals surface area contributed by atoms with E-state index in [9.17, 15) is 19.2 Å². The van der Waals surface area contributed by atoms with E-state index in [2.05, 4.69) is 34.2 Å². The lowest BCUT2D eigenvalue weighted by atomic mass is 10.00. The maximum Gasteiger partial charge on any atom is 0.262 e. The number of fused-ring (bicyclic) bond motifs is 1. The second-order valence-electron chi connectivity index (χ2n) is 8.44. The summed E-state index contributed by atoms with van der Waals surface area (Å²) in [4.78, 5) is 50.4. The van der Waals surface area contributed by atoms with Gasteiger partial charge < -0.3 is 10.6 Å². The molecule has 0 radical (unpaired) electrons. The fourth-order valence-electron chi connectivity index (χ4n) is 4.52. The quantitative estimate of drug-likeness (QED) is 0.610. The summed E-state index contributed by atoms with van der Waals surface area (Å²) in [6.45, 7) is 2.38. The van der Waals surface area contributed by atoms with Gasteiger partial charge in [-0.15, -0.1) is 0 Å². The van der Waals surface area contributed by atoms with Crippen LogP contribution in [0.3, 0.4) is 0 Å². The number of amides is 4. The summed E-state index contributed by atoms with van der Waals surface area (Å²) in [5.41, 5.74) is 4.96. The molecule has 2 aromatic rings. The molecule has 5 rings (SSSR count). The number of carbonyl (C=O) groups is 4. The molecule has 168 valence electrons. The topological polar surface area (TPSA) is 108 Å². The first-order valence-electron chi connectivity index (χ1n) is 11.1. The number of hydrogen-bond acceptors (Lipinski definition) is 6.